The molecule has 0 radical (unpaired) electrons. The first kappa shape index (κ1) is 15.6. The molecule has 2 aromatic carbocycles. The molecule has 0 N–H and O–H groups in total. The van der Waals surface area contributed by atoms with Gasteiger partial charge in [-0.1, -0.05) is 29.8 Å². The average molecular weight is 300 g/mol. The van der Waals surface area contributed by atoms with Crippen molar-refractivity contribution in [1.29, 1.82) is 0 Å². The zero-order chi connectivity index (χ0) is 15.2. The zero-order valence-electron chi connectivity index (χ0n) is 12.7. The number of Topliss-reactive ketones (excluding diaryl/α,β-unsaturated/α-hetero) is 1. The van der Waals surface area contributed by atoms with Crippen molar-refractivity contribution in [1.82, 2.24) is 0 Å². The Kier molecular flexibility index (Phi) is 5.45. The van der Waals surface area contributed by atoms with Crippen molar-refractivity contribution >= 4 is 17.5 Å². The molecule has 2 nitrogen and oxygen atoms in total. The van der Waals surface area contributed by atoms with Crippen molar-refractivity contribution in [3.63, 3.8) is 0 Å². The molecule has 21 heavy (non-hydrogen) atoms. The Morgan fingerprint density at radius 1 is 1.14 bits per heavy atom. The minimum absolute atomic E-state index is 0.0348. The van der Waals surface area contributed by atoms with Crippen molar-refractivity contribution in [2.24, 2.45) is 0 Å². The quantitative estimate of drug-likeness (QED) is 0.440. The topological polar surface area (TPSA) is 26.3 Å². The lowest BCUT2D eigenvalue weighted by Gasteiger charge is -2.10. The highest BCUT2D eigenvalue weighted by Crippen LogP contribution is 2.24. The summed E-state index contributed by atoms with van der Waals surface area (Å²) in [6.45, 7) is 6.37. The van der Waals surface area contributed by atoms with Gasteiger partial charge in [-0.05, 0) is 44.5 Å². The molecular weight excluding hydrogens is 280 g/mol. The number of aryl methyl sites for hydroxylation is 2. The van der Waals surface area contributed by atoms with Gasteiger partial charge in [-0.3, -0.25) is 4.79 Å². The van der Waals surface area contributed by atoms with E-state index in [1.807, 2.05) is 18.2 Å². The molecule has 0 fully saturated rings. The number of ether oxygens (including phenoxy) is 1. The summed E-state index contributed by atoms with van der Waals surface area (Å²) in [7, 11) is 0. The fourth-order valence-corrected chi connectivity index (χ4v) is 2.99. The van der Waals surface area contributed by atoms with Crippen LogP contribution in [0.3, 0.4) is 0 Å². The molecule has 2 rings (SSSR count). The number of rotatable bonds is 6. The highest BCUT2D eigenvalue weighted by atomic mass is 32.2. The van der Waals surface area contributed by atoms with Crippen LogP contribution in [0, 0.1) is 13.8 Å². The number of carbonyl (C=O) groups is 1. The van der Waals surface area contributed by atoms with E-state index in [1.54, 1.807) is 24.8 Å². The van der Waals surface area contributed by atoms with E-state index in [2.05, 4.69) is 32.0 Å². The standard InChI is InChI=1S/C18H20O2S/c1-13-8-9-18(14(2)12-13)21-11-10-20-17-7-5-4-6-16(17)15(3)19/h4-9,12H,10-11H2,1-3H3. The van der Waals surface area contributed by atoms with Crippen LogP contribution in [0.4, 0.5) is 0 Å². The van der Waals surface area contributed by atoms with E-state index in [0.717, 1.165) is 5.75 Å². The van der Waals surface area contributed by atoms with Crippen molar-refractivity contribution in [3.8, 4) is 5.75 Å². The van der Waals surface area contributed by atoms with Crippen molar-refractivity contribution in [2.75, 3.05) is 12.4 Å². The average Bonchev–Trinajstić information content (AvgIpc) is 2.45. The Bertz CT molecular complexity index is 635. The van der Waals surface area contributed by atoms with Crippen LogP contribution in [0.1, 0.15) is 28.4 Å². The summed E-state index contributed by atoms with van der Waals surface area (Å²) >= 11 is 1.78. The van der Waals surface area contributed by atoms with E-state index in [1.165, 1.54) is 16.0 Å². The smallest absolute Gasteiger partial charge is 0.163 e. The Balaban J connectivity index is 1.89. The summed E-state index contributed by atoms with van der Waals surface area (Å²) < 4.78 is 5.74. The molecule has 0 saturated carbocycles. The first-order chi connectivity index (χ1) is 10.1. The van der Waals surface area contributed by atoms with Gasteiger partial charge >= 0.3 is 0 Å². The van der Waals surface area contributed by atoms with Crippen LogP contribution in [-0.4, -0.2) is 18.1 Å². The molecular formula is C18H20O2S. The van der Waals surface area contributed by atoms with Crippen molar-refractivity contribution < 1.29 is 9.53 Å². The Labute approximate surface area is 130 Å². The van der Waals surface area contributed by atoms with Gasteiger partial charge in [0.05, 0.1) is 12.2 Å². The van der Waals surface area contributed by atoms with Crippen LogP contribution >= 0.6 is 11.8 Å². The van der Waals surface area contributed by atoms with Gasteiger partial charge in [0.2, 0.25) is 0 Å². The third kappa shape index (κ3) is 4.36. The molecule has 0 aliphatic carbocycles. The van der Waals surface area contributed by atoms with Gasteiger partial charge in [0.15, 0.2) is 5.78 Å². The summed E-state index contributed by atoms with van der Waals surface area (Å²) in [4.78, 5) is 12.8. The molecule has 0 spiro atoms. The predicted molar refractivity (Wildman–Crippen MR) is 88.6 cm³/mol. The van der Waals surface area contributed by atoms with Crippen LogP contribution < -0.4 is 4.74 Å². The lowest BCUT2D eigenvalue weighted by atomic mass is 10.1. The number of thioether (sulfide) groups is 1. The van der Waals surface area contributed by atoms with Crippen LogP contribution in [0.2, 0.25) is 0 Å². The van der Waals surface area contributed by atoms with Gasteiger partial charge < -0.3 is 4.74 Å². The molecule has 2 aromatic rings. The number of benzene rings is 2. The van der Waals surface area contributed by atoms with Gasteiger partial charge in [0.25, 0.3) is 0 Å². The maximum atomic E-state index is 11.5. The fraction of sp³-hybridized carbons (Fsp3) is 0.278. The van der Waals surface area contributed by atoms with E-state index < -0.39 is 0 Å². The van der Waals surface area contributed by atoms with E-state index in [-0.39, 0.29) is 5.78 Å². The molecule has 3 heteroatoms. The van der Waals surface area contributed by atoms with E-state index in [4.69, 9.17) is 4.74 Å². The van der Waals surface area contributed by atoms with Gasteiger partial charge in [-0.25, -0.2) is 0 Å². The fourth-order valence-electron chi connectivity index (χ4n) is 2.15. The maximum Gasteiger partial charge on any atom is 0.163 e. The lowest BCUT2D eigenvalue weighted by Crippen LogP contribution is -2.04. The Morgan fingerprint density at radius 2 is 1.90 bits per heavy atom. The van der Waals surface area contributed by atoms with Crippen LogP contribution in [0.5, 0.6) is 5.75 Å². The van der Waals surface area contributed by atoms with E-state index >= 15 is 0 Å². The predicted octanol–water partition coefficient (Wildman–Crippen LogP) is 4.68. The minimum Gasteiger partial charge on any atom is -0.492 e. The van der Waals surface area contributed by atoms with Gasteiger partial charge in [0.1, 0.15) is 5.75 Å². The molecule has 0 aliphatic rings. The third-order valence-electron chi connectivity index (χ3n) is 3.20. The number of carbonyl (C=O) groups excluding carboxylic acids is 1. The zero-order valence-corrected chi connectivity index (χ0v) is 13.5. The largest absolute Gasteiger partial charge is 0.492 e. The molecule has 0 aliphatic heterocycles. The highest BCUT2D eigenvalue weighted by molar-refractivity contribution is 7.99. The normalized spacial score (nSPS) is 10.4. The molecule has 110 valence electrons. The molecule has 0 aromatic heterocycles. The molecule has 0 heterocycles. The van der Waals surface area contributed by atoms with E-state index in [0.29, 0.717) is 17.9 Å². The third-order valence-corrected chi connectivity index (χ3v) is 4.34. The SMILES string of the molecule is CC(=O)c1ccccc1OCCSc1ccc(C)cc1C. The number of hydrogen-bond donors (Lipinski definition) is 0. The summed E-state index contributed by atoms with van der Waals surface area (Å²) in [6.07, 6.45) is 0. The lowest BCUT2D eigenvalue weighted by molar-refractivity contribution is 0.101. The second-order valence-corrected chi connectivity index (χ2v) is 6.15. The number of hydrogen-bond acceptors (Lipinski definition) is 3. The summed E-state index contributed by atoms with van der Waals surface area (Å²) in [5, 5.41) is 0. The molecule has 0 saturated heterocycles. The second kappa shape index (κ2) is 7.32. The van der Waals surface area contributed by atoms with Gasteiger partial charge in [-0.2, -0.15) is 0 Å². The molecule has 0 unspecified atom stereocenters. The number of para-hydroxylation sites is 1. The van der Waals surface area contributed by atoms with E-state index in [9.17, 15) is 4.79 Å². The van der Waals surface area contributed by atoms with Crippen molar-refractivity contribution in [3.05, 3.63) is 59.2 Å². The summed E-state index contributed by atoms with van der Waals surface area (Å²) in [5.41, 5.74) is 3.22. The Hall–Kier alpha value is -1.74. The first-order valence-electron chi connectivity index (χ1n) is 7.01. The van der Waals surface area contributed by atoms with Crippen LogP contribution in [0.15, 0.2) is 47.4 Å². The highest BCUT2D eigenvalue weighted by Gasteiger charge is 2.07. The van der Waals surface area contributed by atoms with Crippen molar-refractivity contribution in [2.45, 2.75) is 25.7 Å². The maximum absolute atomic E-state index is 11.5. The second-order valence-electron chi connectivity index (χ2n) is 5.02. The summed E-state index contributed by atoms with van der Waals surface area (Å²) in [5.74, 6) is 1.56. The van der Waals surface area contributed by atoms with Gasteiger partial charge in [-0.15, -0.1) is 11.8 Å². The monoisotopic (exact) mass is 300 g/mol. The minimum atomic E-state index is 0.0348. The summed E-state index contributed by atoms with van der Waals surface area (Å²) in [6, 6.07) is 13.9. The number of ketones is 1. The molecule has 0 atom stereocenters. The first-order valence-corrected chi connectivity index (χ1v) is 7.99. The van der Waals surface area contributed by atoms with Crippen LogP contribution in [0.25, 0.3) is 0 Å². The van der Waals surface area contributed by atoms with Crippen LogP contribution in [-0.2, 0) is 0 Å². The molecule has 0 amide bonds. The van der Waals surface area contributed by atoms with Gasteiger partial charge in [0, 0.05) is 10.6 Å². The Morgan fingerprint density at radius 3 is 2.62 bits per heavy atom. The molecule has 0 bridgehead atoms.